The zero-order valence-electron chi connectivity index (χ0n) is 15.5. The maximum absolute atomic E-state index is 4.59. The van der Waals surface area contributed by atoms with Crippen LogP contribution in [0.1, 0.15) is 11.6 Å². The Balaban J connectivity index is 1.16. The summed E-state index contributed by atoms with van der Waals surface area (Å²) < 4.78 is 0. The van der Waals surface area contributed by atoms with Crippen molar-refractivity contribution in [2.45, 2.75) is 5.92 Å². The summed E-state index contributed by atoms with van der Waals surface area (Å²) in [5.74, 6) is 4.15. The number of hydrogen-bond acceptors (Lipinski definition) is 7. The third-order valence-corrected chi connectivity index (χ3v) is 5.80. The predicted octanol–water partition coefficient (Wildman–Crippen LogP) is 2.58. The fourth-order valence-electron chi connectivity index (χ4n) is 4.34. The normalized spacial score (nSPS) is 22.5. The average molecular weight is 385 g/mol. The second-order valence-electron chi connectivity index (χ2n) is 7.53. The number of nitrogens with one attached hydrogen (secondary N) is 3. The average Bonchev–Trinajstić information content (AvgIpc) is 3.30. The quantitative estimate of drug-likeness (QED) is 0.484. The molecule has 4 aromatic rings. The van der Waals surface area contributed by atoms with E-state index >= 15 is 0 Å². The largest absolute Gasteiger partial charge is 0.356 e. The van der Waals surface area contributed by atoms with Gasteiger partial charge < -0.3 is 15.2 Å². The molecule has 1 aliphatic carbocycles. The highest BCUT2D eigenvalue weighted by Gasteiger charge is 2.57. The molecule has 9 heteroatoms. The van der Waals surface area contributed by atoms with Gasteiger partial charge in [0.05, 0.1) is 18.1 Å². The summed E-state index contributed by atoms with van der Waals surface area (Å²) in [6.45, 7) is 2.02. The number of imidazole rings is 1. The molecular weight excluding hydrogens is 366 g/mol. The maximum atomic E-state index is 4.59. The summed E-state index contributed by atoms with van der Waals surface area (Å²) in [5.41, 5.74) is 2.79. The van der Waals surface area contributed by atoms with E-state index in [2.05, 4.69) is 45.6 Å². The minimum absolute atomic E-state index is 0.542. The van der Waals surface area contributed by atoms with Crippen molar-refractivity contribution in [3.05, 3.63) is 60.7 Å². The van der Waals surface area contributed by atoms with Gasteiger partial charge in [0, 0.05) is 30.9 Å². The van der Waals surface area contributed by atoms with Gasteiger partial charge in [0.15, 0.2) is 5.82 Å². The molecule has 144 valence electrons. The molecule has 4 heterocycles. The fraction of sp³-hybridized carbons (Fsp3) is 0.250. The molecule has 0 radical (unpaired) electrons. The Kier molecular flexibility index (Phi) is 3.58. The molecule has 2 fully saturated rings. The first-order valence-electron chi connectivity index (χ1n) is 9.66. The van der Waals surface area contributed by atoms with E-state index in [1.807, 2.05) is 48.8 Å². The second-order valence-corrected chi connectivity index (χ2v) is 7.53. The molecule has 0 spiro atoms. The third kappa shape index (κ3) is 2.91. The van der Waals surface area contributed by atoms with E-state index in [1.165, 1.54) is 0 Å². The Morgan fingerprint density at radius 3 is 2.66 bits per heavy atom. The number of H-pyrrole nitrogens is 2. The fourth-order valence-corrected chi connectivity index (χ4v) is 4.34. The number of fused-ring (bicyclic) bond motifs is 1. The van der Waals surface area contributed by atoms with Gasteiger partial charge in [0.1, 0.15) is 11.5 Å². The van der Waals surface area contributed by atoms with E-state index in [0.717, 1.165) is 41.8 Å². The van der Waals surface area contributed by atoms with Gasteiger partial charge in [-0.1, -0.05) is 18.2 Å². The molecule has 2 unspecified atom stereocenters. The molecule has 1 saturated heterocycles. The molecule has 3 aromatic heterocycles. The highest BCUT2D eigenvalue weighted by molar-refractivity contribution is 5.59. The monoisotopic (exact) mass is 385 g/mol. The van der Waals surface area contributed by atoms with Crippen LogP contribution in [0.3, 0.4) is 0 Å². The van der Waals surface area contributed by atoms with E-state index < -0.39 is 0 Å². The Labute approximate surface area is 166 Å². The lowest BCUT2D eigenvalue weighted by Gasteiger charge is -2.19. The van der Waals surface area contributed by atoms with Gasteiger partial charge in [-0.05, 0) is 30.0 Å². The smallest absolute Gasteiger partial charge is 0.227 e. The van der Waals surface area contributed by atoms with Crippen molar-refractivity contribution >= 4 is 17.5 Å². The molecule has 1 aliphatic heterocycles. The Morgan fingerprint density at radius 1 is 1.00 bits per heavy atom. The van der Waals surface area contributed by atoms with Crippen LogP contribution in [-0.2, 0) is 0 Å². The van der Waals surface area contributed by atoms with Gasteiger partial charge in [-0.2, -0.15) is 15.4 Å². The van der Waals surface area contributed by atoms with E-state index in [0.29, 0.717) is 23.7 Å². The van der Waals surface area contributed by atoms with Crippen molar-refractivity contribution in [1.29, 1.82) is 0 Å². The van der Waals surface area contributed by atoms with Crippen LogP contribution in [0.25, 0.3) is 11.5 Å². The topological polar surface area (TPSA) is 111 Å². The Hall–Kier alpha value is -3.75. The number of hydrogen-bond donors (Lipinski definition) is 3. The molecule has 2 atom stereocenters. The van der Waals surface area contributed by atoms with E-state index in [-0.39, 0.29) is 0 Å². The van der Waals surface area contributed by atoms with Crippen molar-refractivity contribution < 1.29 is 0 Å². The van der Waals surface area contributed by atoms with Gasteiger partial charge in [-0.25, -0.2) is 15.0 Å². The molecular formula is C20H19N9. The zero-order chi connectivity index (χ0) is 19.2. The summed E-state index contributed by atoms with van der Waals surface area (Å²) in [4.78, 5) is 19.2. The molecule has 0 bridgehead atoms. The van der Waals surface area contributed by atoms with Crippen LogP contribution in [0.15, 0.2) is 55.0 Å². The van der Waals surface area contributed by atoms with Crippen LogP contribution in [0.2, 0.25) is 0 Å². The summed E-state index contributed by atoms with van der Waals surface area (Å²) in [5, 5.41) is 14.1. The summed E-state index contributed by atoms with van der Waals surface area (Å²) in [6, 6.07) is 11.7. The van der Waals surface area contributed by atoms with Crippen molar-refractivity contribution in [2.24, 2.45) is 11.8 Å². The van der Waals surface area contributed by atoms with Crippen LogP contribution >= 0.6 is 0 Å². The van der Waals surface area contributed by atoms with Gasteiger partial charge >= 0.3 is 0 Å². The Morgan fingerprint density at radius 2 is 1.86 bits per heavy atom. The SMILES string of the molecule is c1ccc(Nc2nccc(-c3ncc(N4CC5C(C4)C5c4cn[nH]n4)[nH]3)n2)cc1. The molecule has 6 rings (SSSR count). The summed E-state index contributed by atoms with van der Waals surface area (Å²) >= 11 is 0. The van der Waals surface area contributed by atoms with Gasteiger partial charge in [-0.15, -0.1) is 0 Å². The molecule has 1 aromatic carbocycles. The third-order valence-electron chi connectivity index (χ3n) is 5.80. The molecule has 29 heavy (non-hydrogen) atoms. The lowest BCUT2D eigenvalue weighted by Crippen LogP contribution is -2.23. The van der Waals surface area contributed by atoms with Crippen molar-refractivity contribution in [3.63, 3.8) is 0 Å². The van der Waals surface area contributed by atoms with Crippen molar-refractivity contribution in [2.75, 3.05) is 23.3 Å². The molecule has 1 saturated carbocycles. The maximum Gasteiger partial charge on any atom is 0.227 e. The first-order valence-corrected chi connectivity index (χ1v) is 9.66. The van der Waals surface area contributed by atoms with Crippen molar-refractivity contribution in [3.8, 4) is 11.5 Å². The van der Waals surface area contributed by atoms with Gasteiger partial charge in [0.25, 0.3) is 0 Å². The number of anilines is 3. The number of para-hydroxylation sites is 1. The summed E-state index contributed by atoms with van der Waals surface area (Å²) in [6.07, 6.45) is 5.47. The summed E-state index contributed by atoms with van der Waals surface area (Å²) in [7, 11) is 0. The molecule has 2 aliphatic rings. The highest BCUT2D eigenvalue weighted by Crippen LogP contribution is 2.57. The van der Waals surface area contributed by atoms with E-state index in [9.17, 15) is 0 Å². The standard InChI is InChI=1S/C20H19N9/c1-2-4-12(5-3-1)24-20-21-7-6-15(25-20)19-22-9-17(26-19)29-10-13-14(11-29)18(13)16-8-23-28-27-16/h1-9,13-14,18H,10-11H2,(H,22,26)(H,21,24,25)(H,23,27,28). The number of aromatic amines is 2. The van der Waals surface area contributed by atoms with E-state index in [1.54, 1.807) is 6.20 Å². The minimum Gasteiger partial charge on any atom is -0.356 e. The molecule has 9 nitrogen and oxygen atoms in total. The van der Waals surface area contributed by atoms with E-state index in [4.69, 9.17) is 0 Å². The van der Waals surface area contributed by atoms with Crippen molar-refractivity contribution in [1.82, 2.24) is 35.3 Å². The van der Waals surface area contributed by atoms with Crippen LogP contribution in [0.5, 0.6) is 0 Å². The molecule has 0 amide bonds. The van der Waals surface area contributed by atoms with Crippen LogP contribution in [0, 0.1) is 11.8 Å². The lowest BCUT2D eigenvalue weighted by atomic mass is 10.2. The second kappa shape index (κ2) is 6.40. The van der Waals surface area contributed by atoms with Gasteiger partial charge in [0.2, 0.25) is 5.95 Å². The predicted molar refractivity (Wildman–Crippen MR) is 108 cm³/mol. The Bertz CT molecular complexity index is 1110. The zero-order valence-corrected chi connectivity index (χ0v) is 15.5. The minimum atomic E-state index is 0.542. The highest BCUT2D eigenvalue weighted by atomic mass is 15.3. The van der Waals surface area contributed by atoms with Crippen LogP contribution in [-0.4, -0.2) is 48.4 Å². The van der Waals surface area contributed by atoms with Crippen LogP contribution < -0.4 is 10.2 Å². The van der Waals surface area contributed by atoms with Crippen LogP contribution in [0.4, 0.5) is 17.5 Å². The first-order chi connectivity index (χ1) is 14.3. The number of aromatic nitrogens is 7. The number of piperidine rings is 1. The lowest BCUT2D eigenvalue weighted by molar-refractivity contribution is 0.729. The van der Waals surface area contributed by atoms with Gasteiger partial charge in [-0.3, -0.25) is 0 Å². The number of benzene rings is 1. The molecule has 3 N–H and O–H groups in total. The number of nitrogens with zero attached hydrogens (tertiary/aromatic N) is 6. The first kappa shape index (κ1) is 16.2. The number of rotatable bonds is 5.